The molecule has 3 heterocycles. The second kappa shape index (κ2) is 7.33. The quantitative estimate of drug-likeness (QED) is 0.814. The molecule has 2 aromatic rings. The van der Waals surface area contributed by atoms with Crippen molar-refractivity contribution in [3.8, 4) is 0 Å². The fourth-order valence-electron chi connectivity index (χ4n) is 3.90. The minimum atomic E-state index is -0.336. The average Bonchev–Trinajstić information content (AvgIpc) is 3.27. The third kappa shape index (κ3) is 3.98. The molecule has 1 aromatic heterocycles. The van der Waals surface area contributed by atoms with Gasteiger partial charge < -0.3 is 10.2 Å². The van der Waals surface area contributed by atoms with Gasteiger partial charge in [-0.2, -0.15) is 0 Å². The van der Waals surface area contributed by atoms with Crippen molar-refractivity contribution >= 4 is 28.8 Å². The second-order valence-electron chi connectivity index (χ2n) is 8.67. The number of hydrogen-bond donors (Lipinski definition) is 2. The minimum absolute atomic E-state index is 0.193. The van der Waals surface area contributed by atoms with Gasteiger partial charge in [-0.15, -0.1) is 11.3 Å². The number of benzene rings is 1. The summed E-state index contributed by atoms with van der Waals surface area (Å²) in [5, 5.41) is 9.37. The number of amidine groups is 1. The van der Waals surface area contributed by atoms with Gasteiger partial charge in [0.15, 0.2) is 0 Å². The van der Waals surface area contributed by atoms with Gasteiger partial charge in [-0.1, -0.05) is 24.3 Å². The topological polar surface area (TPSA) is 56.7 Å². The molecule has 0 unspecified atom stereocenters. The van der Waals surface area contributed by atoms with Crippen molar-refractivity contribution in [3.05, 3.63) is 52.2 Å². The van der Waals surface area contributed by atoms with Crippen LogP contribution >= 0.6 is 11.3 Å². The molecule has 0 bridgehead atoms. The van der Waals surface area contributed by atoms with Crippen molar-refractivity contribution in [1.82, 2.24) is 10.2 Å². The first-order chi connectivity index (χ1) is 13.3. The molecular weight excluding hydrogens is 368 g/mol. The van der Waals surface area contributed by atoms with E-state index in [2.05, 4.69) is 49.6 Å². The molecule has 2 aliphatic rings. The number of nitrogens with zero attached hydrogens (tertiary/aromatic N) is 2. The summed E-state index contributed by atoms with van der Waals surface area (Å²) in [7, 11) is 0. The summed E-state index contributed by atoms with van der Waals surface area (Å²) in [6, 6.07) is 12.4. The number of aliphatic imine (C=N–C) groups is 1. The molecule has 0 saturated carbocycles. The first-order valence-electron chi connectivity index (χ1n) is 9.85. The molecule has 0 radical (unpaired) electrons. The zero-order valence-electron chi connectivity index (χ0n) is 16.8. The summed E-state index contributed by atoms with van der Waals surface area (Å²) in [5.41, 5.74) is 1.78. The summed E-state index contributed by atoms with van der Waals surface area (Å²) in [5.74, 6) is 1.13. The van der Waals surface area contributed by atoms with E-state index in [0.29, 0.717) is 13.0 Å². The molecule has 1 atom stereocenters. The molecular formula is C22H28N4OS. The van der Waals surface area contributed by atoms with Crippen LogP contribution in [0, 0.1) is 0 Å². The van der Waals surface area contributed by atoms with Crippen molar-refractivity contribution in [3.63, 3.8) is 0 Å². The summed E-state index contributed by atoms with van der Waals surface area (Å²) < 4.78 is 0. The monoisotopic (exact) mass is 396 g/mol. The summed E-state index contributed by atoms with van der Waals surface area (Å²) in [4.78, 5) is 21.0. The normalized spacial score (nSPS) is 23.5. The van der Waals surface area contributed by atoms with Crippen LogP contribution in [-0.2, 0) is 17.8 Å². The predicted octanol–water partition coefficient (Wildman–Crippen LogP) is 3.67. The van der Waals surface area contributed by atoms with E-state index in [0.717, 1.165) is 35.9 Å². The Morgan fingerprint density at radius 1 is 1.25 bits per heavy atom. The lowest BCUT2D eigenvalue weighted by atomic mass is 9.95. The van der Waals surface area contributed by atoms with E-state index in [-0.39, 0.29) is 17.0 Å². The van der Waals surface area contributed by atoms with Gasteiger partial charge in [0, 0.05) is 30.2 Å². The van der Waals surface area contributed by atoms with Crippen LogP contribution < -0.4 is 10.6 Å². The van der Waals surface area contributed by atoms with Crippen molar-refractivity contribution < 1.29 is 4.79 Å². The van der Waals surface area contributed by atoms with Gasteiger partial charge in [0.1, 0.15) is 5.84 Å². The molecule has 1 spiro atoms. The Labute approximate surface area is 170 Å². The molecule has 5 nitrogen and oxygen atoms in total. The van der Waals surface area contributed by atoms with E-state index in [1.807, 2.05) is 28.5 Å². The molecule has 28 heavy (non-hydrogen) atoms. The van der Waals surface area contributed by atoms with E-state index in [1.54, 1.807) is 11.3 Å². The third-order valence-corrected chi connectivity index (χ3v) is 6.19. The van der Waals surface area contributed by atoms with Gasteiger partial charge in [0.2, 0.25) is 5.91 Å². The number of amides is 1. The maximum Gasteiger partial charge on any atom is 0.227 e. The van der Waals surface area contributed by atoms with Gasteiger partial charge in [0.05, 0.1) is 17.5 Å². The van der Waals surface area contributed by atoms with E-state index < -0.39 is 0 Å². The lowest BCUT2D eigenvalue weighted by Crippen LogP contribution is -2.56. The van der Waals surface area contributed by atoms with E-state index >= 15 is 0 Å². The van der Waals surface area contributed by atoms with Crippen LogP contribution in [-0.4, -0.2) is 40.8 Å². The largest absolute Gasteiger partial charge is 0.342 e. The Morgan fingerprint density at radius 2 is 2.07 bits per heavy atom. The molecule has 4 rings (SSSR count). The zero-order chi connectivity index (χ0) is 19.8. The molecule has 1 fully saturated rings. The molecule has 148 valence electrons. The fraction of sp³-hybridized carbons (Fsp3) is 0.455. The molecule has 1 amide bonds. The van der Waals surface area contributed by atoms with Crippen molar-refractivity contribution in [2.75, 3.05) is 18.4 Å². The van der Waals surface area contributed by atoms with Crippen molar-refractivity contribution in [2.45, 2.75) is 51.2 Å². The Bertz CT molecular complexity index is 884. The summed E-state index contributed by atoms with van der Waals surface area (Å²) in [6.07, 6.45) is 1.34. The first-order valence-corrected chi connectivity index (χ1v) is 10.7. The smallest absolute Gasteiger partial charge is 0.227 e. The van der Waals surface area contributed by atoms with Gasteiger partial charge in [-0.3, -0.25) is 15.1 Å². The minimum Gasteiger partial charge on any atom is -0.342 e. The molecule has 1 saturated heterocycles. The van der Waals surface area contributed by atoms with E-state index in [4.69, 9.17) is 4.99 Å². The lowest BCUT2D eigenvalue weighted by Gasteiger charge is -2.32. The number of hydrogen-bond acceptors (Lipinski definition) is 4. The number of fused-ring (bicyclic) bond motifs is 1. The maximum atomic E-state index is 12.9. The number of anilines is 1. The van der Waals surface area contributed by atoms with Gasteiger partial charge >= 0.3 is 0 Å². The Kier molecular flexibility index (Phi) is 5.02. The summed E-state index contributed by atoms with van der Waals surface area (Å²) in [6.45, 7) is 8.49. The highest BCUT2D eigenvalue weighted by Crippen LogP contribution is 2.31. The third-order valence-electron chi connectivity index (χ3n) is 5.32. The first kappa shape index (κ1) is 19.2. The predicted molar refractivity (Wildman–Crippen MR) is 116 cm³/mol. The van der Waals surface area contributed by atoms with E-state index in [1.165, 1.54) is 5.56 Å². The van der Waals surface area contributed by atoms with Crippen molar-refractivity contribution in [2.24, 2.45) is 4.99 Å². The standard InChI is InChI=1S/C22H28N4OS/c1-21(2,3)25-20-22(23-14-16-7-4-5-9-18(16)24-20)10-11-26(15-22)19(27)13-17-8-6-12-28-17/h4-9,12,23H,10-11,13-15H2,1-3H3,(H,24,25)/t22-/m0/s1. The number of likely N-dealkylation sites (tertiary alicyclic amines) is 1. The van der Waals surface area contributed by atoms with Crippen LogP contribution in [0.3, 0.4) is 0 Å². The fourth-order valence-corrected chi connectivity index (χ4v) is 4.59. The SMILES string of the molecule is CC(C)(C)N=C1Nc2ccccc2CN[C@]12CCN(C(=O)Cc1cccs1)C2. The van der Waals surface area contributed by atoms with Crippen LogP contribution in [0.4, 0.5) is 5.69 Å². The van der Waals surface area contributed by atoms with E-state index in [9.17, 15) is 4.79 Å². The van der Waals surface area contributed by atoms with Gasteiger partial charge in [-0.25, -0.2) is 0 Å². The van der Waals surface area contributed by atoms with Crippen molar-refractivity contribution in [1.29, 1.82) is 0 Å². The molecule has 2 N–H and O–H groups in total. The van der Waals surface area contributed by atoms with Crippen LogP contribution in [0.15, 0.2) is 46.8 Å². The Hall–Kier alpha value is -2.18. The van der Waals surface area contributed by atoms with Gasteiger partial charge in [0.25, 0.3) is 0 Å². The lowest BCUT2D eigenvalue weighted by molar-refractivity contribution is -0.129. The highest BCUT2D eigenvalue weighted by atomic mass is 32.1. The Balaban J connectivity index is 1.61. The highest BCUT2D eigenvalue weighted by Gasteiger charge is 2.45. The Morgan fingerprint density at radius 3 is 2.82 bits per heavy atom. The number of para-hydroxylation sites is 1. The average molecular weight is 397 g/mol. The highest BCUT2D eigenvalue weighted by molar-refractivity contribution is 7.10. The molecule has 6 heteroatoms. The van der Waals surface area contributed by atoms with Crippen LogP contribution in [0.5, 0.6) is 0 Å². The summed E-state index contributed by atoms with van der Waals surface area (Å²) >= 11 is 1.64. The molecule has 0 aliphatic carbocycles. The number of nitrogens with one attached hydrogen (secondary N) is 2. The maximum absolute atomic E-state index is 12.9. The van der Waals surface area contributed by atoms with Gasteiger partial charge in [-0.05, 0) is 50.3 Å². The zero-order valence-corrected chi connectivity index (χ0v) is 17.6. The number of thiophene rings is 1. The molecule has 1 aromatic carbocycles. The number of rotatable bonds is 2. The number of carbonyl (C=O) groups is 1. The second-order valence-corrected chi connectivity index (χ2v) is 9.70. The van der Waals surface area contributed by atoms with Crippen LogP contribution in [0.2, 0.25) is 0 Å². The van der Waals surface area contributed by atoms with Crippen LogP contribution in [0.25, 0.3) is 0 Å². The van der Waals surface area contributed by atoms with Crippen LogP contribution in [0.1, 0.15) is 37.6 Å². The molecule has 2 aliphatic heterocycles. The number of carbonyl (C=O) groups excluding carboxylic acids is 1.